The van der Waals surface area contributed by atoms with Crippen molar-refractivity contribution in [3.05, 3.63) is 65.6 Å². The highest BCUT2D eigenvalue weighted by molar-refractivity contribution is 6.06. The van der Waals surface area contributed by atoms with Gasteiger partial charge in [-0.1, -0.05) is 18.2 Å². The Morgan fingerprint density at radius 1 is 1.10 bits per heavy atom. The van der Waals surface area contributed by atoms with Gasteiger partial charge in [0, 0.05) is 57.4 Å². The molecule has 0 saturated carbocycles. The molecule has 0 unspecified atom stereocenters. The molecular formula is C30H41N9O2. The van der Waals surface area contributed by atoms with E-state index in [2.05, 4.69) is 50.2 Å². The van der Waals surface area contributed by atoms with Gasteiger partial charge in [-0.3, -0.25) is 14.3 Å². The summed E-state index contributed by atoms with van der Waals surface area (Å²) >= 11 is 0. The smallest absolute Gasteiger partial charge is 0.252 e. The summed E-state index contributed by atoms with van der Waals surface area (Å²) in [5, 5.41) is 18.5. The van der Waals surface area contributed by atoms with Gasteiger partial charge in [0.2, 0.25) is 5.91 Å². The molecular weight excluding hydrogens is 518 g/mol. The number of hydrogen-bond donors (Lipinski definition) is 3. The summed E-state index contributed by atoms with van der Waals surface area (Å²) in [5.74, 6) is -0.285. The first-order chi connectivity index (χ1) is 19.7. The maximum absolute atomic E-state index is 13.4. The summed E-state index contributed by atoms with van der Waals surface area (Å²) in [6.45, 7) is 7.52. The number of carbonyl (C=O) groups is 2. The van der Waals surface area contributed by atoms with Crippen molar-refractivity contribution in [1.29, 1.82) is 0 Å². The second-order valence-electron chi connectivity index (χ2n) is 10.6. The van der Waals surface area contributed by atoms with Crippen LogP contribution >= 0.6 is 0 Å². The first-order valence-corrected chi connectivity index (χ1v) is 14.1. The third-order valence-corrected chi connectivity index (χ3v) is 6.82. The minimum atomic E-state index is -0.209. The number of nitrogens with zero attached hydrogens (tertiary/aromatic N) is 6. The molecule has 41 heavy (non-hydrogen) atoms. The minimum Gasteiger partial charge on any atom is -0.352 e. The Hall–Kier alpha value is -4.09. The van der Waals surface area contributed by atoms with Crippen molar-refractivity contribution in [2.45, 2.75) is 45.8 Å². The molecule has 0 aliphatic rings. The van der Waals surface area contributed by atoms with Crippen molar-refractivity contribution in [3.63, 3.8) is 0 Å². The van der Waals surface area contributed by atoms with Gasteiger partial charge in [-0.05, 0) is 58.1 Å². The molecule has 0 spiro atoms. The van der Waals surface area contributed by atoms with Crippen LogP contribution in [0, 0.1) is 0 Å². The number of aryl methyl sites for hydroxylation is 1. The van der Waals surface area contributed by atoms with E-state index < -0.39 is 0 Å². The lowest BCUT2D eigenvalue weighted by Crippen LogP contribution is -2.27. The number of pyridine rings is 1. The molecule has 3 N–H and O–H groups in total. The number of rotatable bonds is 14. The fourth-order valence-electron chi connectivity index (χ4n) is 4.64. The standard InChI is InChI=1S/C30H41N9O2/c1-21(2)39-29-26(19-34-39)25(30(41)32-12-7-10-28(40)33-18-24-11-14-38(5)36-24)17-27(35-29)23-9-6-8-22(16-23)20-37(4)15-13-31-3/h6,8-9,11,14,16-17,19,21,31H,7,10,12-13,15,18,20H2,1-5H3,(H,32,41)(H,33,40). The molecule has 0 fully saturated rings. The zero-order valence-corrected chi connectivity index (χ0v) is 24.6. The molecule has 4 rings (SSSR count). The van der Waals surface area contributed by atoms with Crippen LogP contribution in [0.4, 0.5) is 0 Å². The van der Waals surface area contributed by atoms with Gasteiger partial charge in [0.15, 0.2) is 5.65 Å². The molecule has 11 nitrogen and oxygen atoms in total. The molecule has 1 aromatic carbocycles. The third-order valence-electron chi connectivity index (χ3n) is 6.82. The number of amides is 2. The van der Waals surface area contributed by atoms with Crippen LogP contribution in [-0.4, -0.2) is 75.0 Å². The highest BCUT2D eigenvalue weighted by atomic mass is 16.2. The number of likely N-dealkylation sites (N-methyl/N-ethyl adjacent to an activating group) is 2. The summed E-state index contributed by atoms with van der Waals surface area (Å²) < 4.78 is 3.54. The maximum atomic E-state index is 13.4. The quantitative estimate of drug-likeness (QED) is 0.203. The molecule has 0 aliphatic carbocycles. The summed E-state index contributed by atoms with van der Waals surface area (Å²) in [4.78, 5) is 32.8. The second-order valence-corrected chi connectivity index (χ2v) is 10.6. The Kier molecular flexibility index (Phi) is 10.2. The molecule has 11 heteroatoms. The van der Waals surface area contributed by atoms with Crippen molar-refractivity contribution in [1.82, 2.24) is 45.4 Å². The first-order valence-electron chi connectivity index (χ1n) is 14.1. The van der Waals surface area contributed by atoms with Crippen LogP contribution in [0.1, 0.15) is 54.3 Å². The minimum absolute atomic E-state index is 0.0758. The van der Waals surface area contributed by atoms with Gasteiger partial charge in [0.05, 0.1) is 35.1 Å². The second kappa shape index (κ2) is 14.0. The number of nitrogens with one attached hydrogen (secondary N) is 3. The highest BCUT2D eigenvalue weighted by Gasteiger charge is 2.19. The van der Waals surface area contributed by atoms with Gasteiger partial charge in [-0.15, -0.1) is 0 Å². The van der Waals surface area contributed by atoms with Gasteiger partial charge >= 0.3 is 0 Å². The Balaban J connectivity index is 1.46. The van der Waals surface area contributed by atoms with Gasteiger partial charge < -0.3 is 20.9 Å². The van der Waals surface area contributed by atoms with Crippen molar-refractivity contribution in [2.24, 2.45) is 7.05 Å². The number of fused-ring (bicyclic) bond motifs is 1. The average Bonchev–Trinajstić information content (AvgIpc) is 3.58. The first kappa shape index (κ1) is 29.9. The molecule has 0 atom stereocenters. The van der Waals surface area contributed by atoms with Gasteiger partial charge in [-0.25, -0.2) is 9.67 Å². The number of aromatic nitrogens is 5. The van der Waals surface area contributed by atoms with Crippen LogP contribution in [0.15, 0.2) is 48.8 Å². The predicted molar refractivity (Wildman–Crippen MR) is 160 cm³/mol. The van der Waals surface area contributed by atoms with E-state index in [1.165, 1.54) is 5.56 Å². The third kappa shape index (κ3) is 7.99. The van der Waals surface area contributed by atoms with E-state index in [9.17, 15) is 9.59 Å². The molecule has 0 aliphatic heterocycles. The van der Waals surface area contributed by atoms with Crippen molar-refractivity contribution in [2.75, 3.05) is 33.7 Å². The molecule has 218 valence electrons. The maximum Gasteiger partial charge on any atom is 0.252 e. The lowest BCUT2D eigenvalue weighted by atomic mass is 10.0. The molecule has 0 saturated heterocycles. The van der Waals surface area contributed by atoms with E-state index >= 15 is 0 Å². The summed E-state index contributed by atoms with van der Waals surface area (Å²) in [6.07, 6.45) is 4.38. The lowest BCUT2D eigenvalue weighted by molar-refractivity contribution is -0.121. The monoisotopic (exact) mass is 559 g/mol. The van der Waals surface area contributed by atoms with Crippen LogP contribution in [-0.2, 0) is 24.9 Å². The Bertz CT molecular complexity index is 1470. The van der Waals surface area contributed by atoms with E-state index in [1.807, 2.05) is 63.1 Å². The Morgan fingerprint density at radius 2 is 1.93 bits per heavy atom. The topological polar surface area (TPSA) is 122 Å². The van der Waals surface area contributed by atoms with Gasteiger partial charge in [-0.2, -0.15) is 10.2 Å². The van der Waals surface area contributed by atoms with Crippen molar-refractivity contribution >= 4 is 22.8 Å². The van der Waals surface area contributed by atoms with Crippen LogP contribution in [0.2, 0.25) is 0 Å². The zero-order chi connectivity index (χ0) is 29.4. The van der Waals surface area contributed by atoms with Crippen molar-refractivity contribution in [3.8, 4) is 11.3 Å². The summed E-state index contributed by atoms with van der Waals surface area (Å²) in [5.41, 5.74) is 4.84. The predicted octanol–water partition coefficient (Wildman–Crippen LogP) is 2.89. The van der Waals surface area contributed by atoms with E-state index in [1.54, 1.807) is 10.9 Å². The van der Waals surface area contributed by atoms with Crippen LogP contribution < -0.4 is 16.0 Å². The van der Waals surface area contributed by atoms with Crippen LogP contribution in [0.5, 0.6) is 0 Å². The number of benzene rings is 1. The zero-order valence-electron chi connectivity index (χ0n) is 24.6. The molecule has 0 bridgehead atoms. The normalized spacial score (nSPS) is 11.5. The van der Waals surface area contributed by atoms with Crippen molar-refractivity contribution < 1.29 is 9.59 Å². The van der Waals surface area contributed by atoms with Gasteiger partial charge in [0.25, 0.3) is 5.91 Å². The fraction of sp³-hybridized carbons (Fsp3) is 0.433. The number of carbonyl (C=O) groups excluding carboxylic acids is 2. The largest absolute Gasteiger partial charge is 0.352 e. The van der Waals surface area contributed by atoms with Gasteiger partial charge in [0.1, 0.15) is 0 Å². The van der Waals surface area contributed by atoms with E-state index in [4.69, 9.17) is 4.98 Å². The van der Waals surface area contributed by atoms with E-state index in [0.717, 1.165) is 36.6 Å². The lowest BCUT2D eigenvalue weighted by Gasteiger charge is -2.17. The average molecular weight is 560 g/mol. The van der Waals surface area contributed by atoms with Crippen LogP contribution in [0.25, 0.3) is 22.3 Å². The SMILES string of the molecule is CNCCN(C)Cc1cccc(-c2cc(C(=O)NCCCC(=O)NCc3ccn(C)n3)c3cnn(C(C)C)c3n2)c1. The van der Waals surface area contributed by atoms with E-state index in [0.29, 0.717) is 42.5 Å². The highest BCUT2D eigenvalue weighted by Crippen LogP contribution is 2.27. The molecule has 0 radical (unpaired) electrons. The van der Waals surface area contributed by atoms with Crippen LogP contribution in [0.3, 0.4) is 0 Å². The molecule has 2 amide bonds. The Labute approximate surface area is 241 Å². The van der Waals surface area contributed by atoms with E-state index in [-0.39, 0.29) is 17.9 Å². The number of hydrogen-bond acceptors (Lipinski definition) is 7. The summed E-state index contributed by atoms with van der Waals surface area (Å²) in [6, 6.07) is 12.1. The summed E-state index contributed by atoms with van der Waals surface area (Å²) in [7, 11) is 5.89. The fourth-order valence-corrected chi connectivity index (χ4v) is 4.64. The molecule has 3 heterocycles. The molecule has 4 aromatic rings. The molecule has 3 aromatic heterocycles. The Morgan fingerprint density at radius 3 is 2.66 bits per heavy atom.